The molecule has 2 aliphatic rings. The van der Waals surface area contributed by atoms with Crippen LogP contribution in [0.1, 0.15) is 20.3 Å². The lowest BCUT2D eigenvalue weighted by Crippen LogP contribution is -2.54. The molecule has 174 valence electrons. The number of methoxy groups -OCH3 is 1. The van der Waals surface area contributed by atoms with Crippen LogP contribution in [0.25, 0.3) is 0 Å². The Kier molecular flexibility index (Phi) is 10.5. The summed E-state index contributed by atoms with van der Waals surface area (Å²) >= 11 is 0. The predicted octanol–water partition coefficient (Wildman–Crippen LogP) is 2.88. The molecule has 1 aromatic carbocycles. The van der Waals surface area contributed by atoms with Gasteiger partial charge < -0.3 is 29.5 Å². The maximum atomic E-state index is 11.9. The lowest BCUT2D eigenvalue weighted by molar-refractivity contribution is 0.0914. The fraction of sp³-hybridized carbons (Fsp3) is 0.636. The molecule has 0 aliphatic carbocycles. The number of benzene rings is 1. The van der Waals surface area contributed by atoms with Gasteiger partial charge in [-0.2, -0.15) is 0 Å². The van der Waals surface area contributed by atoms with E-state index in [4.69, 9.17) is 14.5 Å². The number of amides is 1. The molecule has 1 atom stereocenters. The van der Waals surface area contributed by atoms with Crippen LogP contribution in [0, 0.1) is 5.92 Å². The minimum Gasteiger partial charge on any atom is -0.495 e. The Morgan fingerprint density at radius 1 is 1.13 bits per heavy atom. The van der Waals surface area contributed by atoms with E-state index in [9.17, 15) is 4.79 Å². The number of halogens is 1. The molecule has 9 heteroatoms. The standard InChI is InChI=1S/C22H35N5O3.HI/c1-4-23-21(25-12-14-26(15-13-25)22(28)30-5-2)24-16-18-10-11-27(17-18)19-8-6-7-9-20(19)29-3;/h6-9,18H,4-5,10-17H2,1-3H3,(H,23,24);1H. The van der Waals surface area contributed by atoms with E-state index in [1.807, 2.05) is 19.1 Å². The van der Waals surface area contributed by atoms with Gasteiger partial charge in [0.2, 0.25) is 0 Å². The van der Waals surface area contributed by atoms with Crippen molar-refractivity contribution < 1.29 is 14.3 Å². The Balaban J connectivity index is 0.00000341. The summed E-state index contributed by atoms with van der Waals surface area (Å²) in [5, 5.41) is 3.41. The third-order valence-corrected chi connectivity index (χ3v) is 5.65. The molecular weight excluding hydrogens is 509 g/mol. The van der Waals surface area contributed by atoms with Gasteiger partial charge in [0.15, 0.2) is 5.96 Å². The van der Waals surface area contributed by atoms with Crippen molar-refractivity contribution in [2.75, 3.05) is 71.0 Å². The van der Waals surface area contributed by atoms with Crippen molar-refractivity contribution in [1.82, 2.24) is 15.1 Å². The summed E-state index contributed by atoms with van der Waals surface area (Å²) in [6, 6.07) is 8.20. The van der Waals surface area contributed by atoms with Gasteiger partial charge in [0.05, 0.1) is 19.4 Å². The molecule has 2 aliphatic heterocycles. The normalized spacial score (nSPS) is 19.1. The van der Waals surface area contributed by atoms with Crippen LogP contribution in [0.15, 0.2) is 29.3 Å². The van der Waals surface area contributed by atoms with Crippen LogP contribution in [0.2, 0.25) is 0 Å². The minimum absolute atomic E-state index is 0. The SMILES string of the molecule is CCNC(=NCC1CCN(c2ccccc2OC)C1)N1CCN(C(=O)OCC)CC1.I. The number of anilines is 1. The van der Waals surface area contributed by atoms with Crippen molar-refractivity contribution in [1.29, 1.82) is 0 Å². The second kappa shape index (κ2) is 12.8. The average Bonchev–Trinajstić information content (AvgIpc) is 3.25. The number of nitrogens with zero attached hydrogens (tertiary/aromatic N) is 4. The number of piperazine rings is 1. The summed E-state index contributed by atoms with van der Waals surface area (Å²) in [5.74, 6) is 2.38. The number of rotatable bonds is 6. The molecule has 3 rings (SSSR count). The Bertz CT molecular complexity index is 725. The average molecular weight is 545 g/mol. The summed E-state index contributed by atoms with van der Waals surface area (Å²) in [6.07, 6.45) is 0.902. The molecule has 1 amide bonds. The number of hydrogen-bond acceptors (Lipinski definition) is 5. The monoisotopic (exact) mass is 545 g/mol. The molecule has 0 bridgehead atoms. The first kappa shape index (κ1) is 25.4. The van der Waals surface area contributed by atoms with E-state index in [1.54, 1.807) is 12.0 Å². The molecule has 0 radical (unpaired) electrons. The van der Waals surface area contributed by atoms with Crippen LogP contribution in [-0.2, 0) is 4.74 Å². The number of guanidine groups is 1. The molecule has 31 heavy (non-hydrogen) atoms. The molecule has 2 fully saturated rings. The molecule has 2 saturated heterocycles. The lowest BCUT2D eigenvalue weighted by Gasteiger charge is -2.36. The zero-order chi connectivity index (χ0) is 21.3. The zero-order valence-electron chi connectivity index (χ0n) is 18.9. The van der Waals surface area contributed by atoms with E-state index in [1.165, 1.54) is 0 Å². The Morgan fingerprint density at radius 2 is 1.84 bits per heavy atom. The number of para-hydroxylation sites is 2. The van der Waals surface area contributed by atoms with Gasteiger partial charge in [0.25, 0.3) is 0 Å². The quantitative estimate of drug-likeness (QED) is 0.337. The maximum Gasteiger partial charge on any atom is 0.409 e. The number of carbonyl (C=O) groups excluding carboxylic acids is 1. The highest BCUT2D eigenvalue weighted by Crippen LogP contribution is 2.32. The number of hydrogen-bond donors (Lipinski definition) is 1. The van der Waals surface area contributed by atoms with Crippen molar-refractivity contribution in [3.05, 3.63) is 24.3 Å². The minimum atomic E-state index is -0.221. The van der Waals surface area contributed by atoms with Gasteiger partial charge in [-0.25, -0.2) is 4.79 Å². The van der Waals surface area contributed by atoms with Gasteiger partial charge in [0.1, 0.15) is 5.75 Å². The van der Waals surface area contributed by atoms with E-state index in [0.29, 0.717) is 25.6 Å². The summed E-state index contributed by atoms with van der Waals surface area (Å²) in [6.45, 7) is 10.8. The van der Waals surface area contributed by atoms with Crippen molar-refractivity contribution in [3.63, 3.8) is 0 Å². The fourth-order valence-corrected chi connectivity index (χ4v) is 4.05. The largest absolute Gasteiger partial charge is 0.495 e. The Hall–Kier alpha value is -1.91. The Morgan fingerprint density at radius 3 is 2.52 bits per heavy atom. The smallest absolute Gasteiger partial charge is 0.409 e. The molecule has 1 aromatic rings. The van der Waals surface area contributed by atoms with E-state index >= 15 is 0 Å². The molecule has 0 spiro atoms. The third-order valence-electron chi connectivity index (χ3n) is 5.65. The van der Waals surface area contributed by atoms with Gasteiger partial charge in [-0.3, -0.25) is 4.99 Å². The van der Waals surface area contributed by atoms with Gasteiger partial charge in [0, 0.05) is 52.4 Å². The van der Waals surface area contributed by atoms with Gasteiger partial charge >= 0.3 is 6.09 Å². The second-order valence-corrected chi connectivity index (χ2v) is 7.64. The molecular formula is C22H36IN5O3. The van der Waals surface area contributed by atoms with Crippen molar-refractivity contribution >= 4 is 41.7 Å². The summed E-state index contributed by atoms with van der Waals surface area (Å²) in [4.78, 5) is 23.3. The van der Waals surface area contributed by atoms with Crippen LogP contribution in [0.3, 0.4) is 0 Å². The number of aliphatic imine (C=N–C) groups is 1. The number of carbonyl (C=O) groups is 1. The zero-order valence-corrected chi connectivity index (χ0v) is 21.2. The highest BCUT2D eigenvalue weighted by molar-refractivity contribution is 14.0. The molecule has 2 heterocycles. The first-order valence-corrected chi connectivity index (χ1v) is 11.0. The van der Waals surface area contributed by atoms with Gasteiger partial charge in [-0.05, 0) is 38.3 Å². The second-order valence-electron chi connectivity index (χ2n) is 7.64. The van der Waals surface area contributed by atoms with E-state index in [-0.39, 0.29) is 30.1 Å². The van der Waals surface area contributed by atoms with Gasteiger partial charge in [-0.15, -0.1) is 24.0 Å². The van der Waals surface area contributed by atoms with Crippen molar-refractivity contribution in [2.24, 2.45) is 10.9 Å². The van der Waals surface area contributed by atoms with Crippen LogP contribution >= 0.6 is 24.0 Å². The topological polar surface area (TPSA) is 69.6 Å². The molecule has 0 aromatic heterocycles. The van der Waals surface area contributed by atoms with Crippen molar-refractivity contribution in [2.45, 2.75) is 20.3 Å². The Labute approximate surface area is 203 Å². The first-order chi connectivity index (χ1) is 14.7. The van der Waals surface area contributed by atoms with Crippen LogP contribution in [0.4, 0.5) is 10.5 Å². The third kappa shape index (κ3) is 6.78. The maximum absolute atomic E-state index is 11.9. The van der Waals surface area contributed by atoms with E-state index in [2.05, 4.69) is 34.2 Å². The molecule has 1 N–H and O–H groups in total. The highest BCUT2D eigenvalue weighted by Gasteiger charge is 2.26. The van der Waals surface area contributed by atoms with Crippen molar-refractivity contribution in [3.8, 4) is 5.75 Å². The number of nitrogens with one attached hydrogen (secondary N) is 1. The highest BCUT2D eigenvalue weighted by atomic mass is 127. The number of ether oxygens (including phenoxy) is 2. The predicted molar refractivity (Wildman–Crippen MR) is 135 cm³/mol. The molecule has 8 nitrogen and oxygen atoms in total. The lowest BCUT2D eigenvalue weighted by atomic mass is 10.1. The molecule has 1 unspecified atom stereocenters. The summed E-state index contributed by atoms with van der Waals surface area (Å²) in [5.41, 5.74) is 1.16. The van der Waals surface area contributed by atoms with Crippen LogP contribution < -0.4 is 15.0 Å². The van der Waals surface area contributed by atoms with Crippen LogP contribution in [0.5, 0.6) is 5.75 Å². The summed E-state index contributed by atoms with van der Waals surface area (Å²) < 4.78 is 10.6. The van der Waals surface area contributed by atoms with E-state index in [0.717, 1.165) is 63.1 Å². The fourth-order valence-electron chi connectivity index (χ4n) is 4.05. The molecule has 0 saturated carbocycles. The van der Waals surface area contributed by atoms with Gasteiger partial charge in [-0.1, -0.05) is 12.1 Å². The summed E-state index contributed by atoms with van der Waals surface area (Å²) in [7, 11) is 1.72. The van der Waals surface area contributed by atoms with Crippen LogP contribution in [-0.4, -0.2) is 87.9 Å². The first-order valence-electron chi connectivity index (χ1n) is 11.0. The van der Waals surface area contributed by atoms with E-state index < -0.39 is 0 Å².